The summed E-state index contributed by atoms with van der Waals surface area (Å²) in [5.74, 6) is 0.142. The molecule has 2 heterocycles. The molecule has 1 aromatic rings. The zero-order valence-electron chi connectivity index (χ0n) is 17.4. The number of hydrogen-bond acceptors (Lipinski definition) is 7. The van der Waals surface area contributed by atoms with Gasteiger partial charge < -0.3 is 9.80 Å². The smallest absolute Gasteiger partial charge is 0.293 e. The second kappa shape index (κ2) is 9.27. The van der Waals surface area contributed by atoms with Crippen LogP contribution in [0.15, 0.2) is 23.1 Å². The number of nitro groups is 1. The van der Waals surface area contributed by atoms with Crippen molar-refractivity contribution in [3.63, 3.8) is 0 Å². The van der Waals surface area contributed by atoms with Crippen molar-refractivity contribution >= 4 is 27.3 Å². The van der Waals surface area contributed by atoms with Crippen LogP contribution in [0.3, 0.4) is 0 Å². The van der Waals surface area contributed by atoms with Gasteiger partial charge in [0.05, 0.1) is 16.4 Å². The van der Waals surface area contributed by atoms with Crippen LogP contribution in [0.5, 0.6) is 0 Å². The third-order valence-electron chi connectivity index (χ3n) is 5.92. The van der Waals surface area contributed by atoms with Crippen molar-refractivity contribution in [2.24, 2.45) is 0 Å². The SMILES string of the molecule is CNS(=O)(=O)c1ccc(N2CCN(CC(=O)N3CCCCC3C)CC2)c([N+](=O)[O-])c1. The number of rotatable bonds is 6. The molecule has 2 aliphatic heterocycles. The molecule has 0 aliphatic carbocycles. The van der Waals surface area contributed by atoms with E-state index >= 15 is 0 Å². The third kappa shape index (κ3) is 4.90. The van der Waals surface area contributed by atoms with Gasteiger partial charge in [-0.2, -0.15) is 0 Å². The van der Waals surface area contributed by atoms with Crippen molar-refractivity contribution < 1.29 is 18.1 Å². The van der Waals surface area contributed by atoms with E-state index in [1.165, 1.54) is 19.2 Å². The number of benzene rings is 1. The Hall–Kier alpha value is -2.24. The lowest BCUT2D eigenvalue weighted by Gasteiger charge is -2.38. The predicted molar refractivity (Wildman–Crippen MR) is 113 cm³/mol. The molecule has 3 rings (SSSR count). The van der Waals surface area contributed by atoms with Gasteiger partial charge in [-0.3, -0.25) is 19.8 Å². The monoisotopic (exact) mass is 439 g/mol. The standard InChI is InChI=1S/C19H29N5O5S/c1-15-5-3-4-8-23(15)19(25)14-21-9-11-22(12-10-21)17-7-6-16(30(28,29)20-2)13-18(17)24(26)27/h6-7,13,15,20H,3-5,8-12,14H2,1-2H3. The van der Waals surface area contributed by atoms with Gasteiger partial charge in [-0.05, 0) is 45.4 Å². The van der Waals surface area contributed by atoms with Crippen LogP contribution in [-0.2, 0) is 14.8 Å². The molecule has 11 heteroatoms. The topological polar surface area (TPSA) is 116 Å². The summed E-state index contributed by atoms with van der Waals surface area (Å²) in [6.45, 7) is 5.55. The number of piperidine rings is 1. The van der Waals surface area contributed by atoms with E-state index < -0.39 is 14.9 Å². The molecule has 1 atom stereocenters. The van der Waals surface area contributed by atoms with Crippen LogP contribution in [0.4, 0.5) is 11.4 Å². The molecule has 1 unspecified atom stereocenters. The third-order valence-corrected chi connectivity index (χ3v) is 7.33. The number of carbonyl (C=O) groups is 1. The Morgan fingerprint density at radius 3 is 2.50 bits per heavy atom. The van der Waals surface area contributed by atoms with E-state index in [1.807, 2.05) is 9.80 Å². The Kier molecular flexibility index (Phi) is 6.94. The fourth-order valence-electron chi connectivity index (χ4n) is 4.10. The number of amides is 1. The zero-order valence-corrected chi connectivity index (χ0v) is 18.2. The summed E-state index contributed by atoms with van der Waals surface area (Å²) in [6.07, 6.45) is 3.26. The molecule has 2 saturated heterocycles. The van der Waals surface area contributed by atoms with E-state index in [4.69, 9.17) is 0 Å². The average molecular weight is 440 g/mol. The van der Waals surface area contributed by atoms with Gasteiger partial charge in [-0.1, -0.05) is 0 Å². The number of nitrogens with zero attached hydrogens (tertiary/aromatic N) is 4. The van der Waals surface area contributed by atoms with Crippen LogP contribution in [0.2, 0.25) is 0 Å². The predicted octanol–water partition coefficient (Wildman–Crippen LogP) is 1.03. The van der Waals surface area contributed by atoms with Crippen molar-refractivity contribution in [3.8, 4) is 0 Å². The maximum absolute atomic E-state index is 12.7. The molecule has 0 radical (unpaired) electrons. The fraction of sp³-hybridized carbons (Fsp3) is 0.632. The van der Waals surface area contributed by atoms with E-state index in [-0.39, 0.29) is 22.5 Å². The number of nitro benzene ring substituents is 1. The number of nitrogens with one attached hydrogen (secondary N) is 1. The maximum Gasteiger partial charge on any atom is 0.293 e. The lowest BCUT2D eigenvalue weighted by Crippen LogP contribution is -2.52. The molecule has 1 amide bonds. The Bertz CT molecular complexity index is 899. The average Bonchev–Trinajstić information content (AvgIpc) is 2.74. The highest BCUT2D eigenvalue weighted by atomic mass is 32.2. The molecule has 1 aromatic carbocycles. The normalized spacial score (nSPS) is 20.9. The van der Waals surface area contributed by atoms with E-state index in [2.05, 4.69) is 16.5 Å². The number of hydrogen-bond donors (Lipinski definition) is 1. The Balaban J connectivity index is 1.66. The van der Waals surface area contributed by atoms with E-state index in [0.717, 1.165) is 31.9 Å². The van der Waals surface area contributed by atoms with Crippen LogP contribution < -0.4 is 9.62 Å². The summed E-state index contributed by atoms with van der Waals surface area (Å²) >= 11 is 0. The first-order chi connectivity index (χ1) is 14.2. The molecule has 2 aliphatic rings. The molecule has 0 aromatic heterocycles. The van der Waals surface area contributed by atoms with Crippen molar-refractivity contribution in [2.75, 3.05) is 51.2 Å². The summed E-state index contributed by atoms with van der Waals surface area (Å²) in [4.78, 5) is 29.4. The number of carbonyl (C=O) groups excluding carboxylic acids is 1. The summed E-state index contributed by atoms with van der Waals surface area (Å²) in [5.41, 5.74) is 0.156. The molecule has 30 heavy (non-hydrogen) atoms. The number of piperazine rings is 1. The van der Waals surface area contributed by atoms with E-state index in [1.54, 1.807) is 0 Å². The summed E-state index contributed by atoms with van der Waals surface area (Å²) < 4.78 is 26.1. The highest BCUT2D eigenvalue weighted by Gasteiger charge is 2.29. The first kappa shape index (κ1) is 22.4. The maximum atomic E-state index is 12.7. The Morgan fingerprint density at radius 1 is 1.20 bits per heavy atom. The molecule has 1 N–H and O–H groups in total. The van der Waals surface area contributed by atoms with Gasteiger partial charge in [-0.15, -0.1) is 0 Å². The largest absolute Gasteiger partial charge is 0.363 e. The number of sulfonamides is 1. The first-order valence-electron chi connectivity index (χ1n) is 10.2. The molecule has 166 valence electrons. The van der Waals surface area contributed by atoms with Crippen molar-refractivity contribution in [3.05, 3.63) is 28.3 Å². The minimum Gasteiger partial charge on any atom is -0.363 e. The van der Waals surface area contributed by atoms with Gasteiger partial charge in [0.25, 0.3) is 5.69 Å². The Morgan fingerprint density at radius 2 is 1.90 bits per heavy atom. The summed E-state index contributed by atoms with van der Waals surface area (Å²) in [7, 11) is -2.50. The molecule has 0 spiro atoms. The fourth-order valence-corrected chi connectivity index (χ4v) is 4.85. The summed E-state index contributed by atoms with van der Waals surface area (Å²) in [5, 5.41) is 11.6. The Labute approximate surface area is 177 Å². The molecular formula is C19H29N5O5S. The lowest BCUT2D eigenvalue weighted by atomic mass is 10.0. The van der Waals surface area contributed by atoms with Gasteiger partial charge in [0.1, 0.15) is 5.69 Å². The second-order valence-corrected chi connectivity index (χ2v) is 9.70. The van der Waals surface area contributed by atoms with Crippen molar-refractivity contribution in [2.45, 2.75) is 37.1 Å². The highest BCUT2D eigenvalue weighted by molar-refractivity contribution is 7.89. The molecule has 0 bridgehead atoms. The van der Waals surface area contributed by atoms with Crippen molar-refractivity contribution in [1.29, 1.82) is 0 Å². The van der Waals surface area contributed by atoms with Crippen LogP contribution in [0, 0.1) is 10.1 Å². The zero-order chi connectivity index (χ0) is 21.9. The molecule has 0 saturated carbocycles. The molecule has 10 nitrogen and oxygen atoms in total. The van der Waals surface area contributed by atoms with Gasteiger partial charge in [0.15, 0.2) is 0 Å². The van der Waals surface area contributed by atoms with Crippen LogP contribution in [-0.4, -0.2) is 81.4 Å². The molecule has 2 fully saturated rings. The number of likely N-dealkylation sites (tertiary alicyclic amines) is 1. The minimum atomic E-state index is -3.76. The minimum absolute atomic E-state index is 0.139. The molecular weight excluding hydrogens is 410 g/mol. The number of anilines is 1. The summed E-state index contributed by atoms with van der Waals surface area (Å²) in [6, 6.07) is 4.23. The van der Waals surface area contributed by atoms with Gasteiger partial charge in [0, 0.05) is 44.8 Å². The van der Waals surface area contributed by atoms with E-state index in [9.17, 15) is 23.3 Å². The van der Waals surface area contributed by atoms with Gasteiger partial charge in [0.2, 0.25) is 15.9 Å². The van der Waals surface area contributed by atoms with Gasteiger partial charge in [-0.25, -0.2) is 13.1 Å². The first-order valence-corrected chi connectivity index (χ1v) is 11.7. The van der Waals surface area contributed by atoms with Crippen LogP contribution in [0.25, 0.3) is 0 Å². The quantitative estimate of drug-likeness (QED) is 0.520. The van der Waals surface area contributed by atoms with Crippen LogP contribution in [0.1, 0.15) is 26.2 Å². The van der Waals surface area contributed by atoms with Crippen LogP contribution >= 0.6 is 0 Å². The second-order valence-electron chi connectivity index (χ2n) is 7.81. The van der Waals surface area contributed by atoms with Crippen molar-refractivity contribution in [1.82, 2.24) is 14.5 Å². The highest BCUT2D eigenvalue weighted by Crippen LogP contribution is 2.31. The van der Waals surface area contributed by atoms with E-state index in [0.29, 0.717) is 38.4 Å². The lowest BCUT2D eigenvalue weighted by molar-refractivity contribution is -0.384. The van der Waals surface area contributed by atoms with Gasteiger partial charge >= 0.3 is 0 Å².